The van der Waals surface area contributed by atoms with Crippen molar-refractivity contribution in [3.8, 4) is 0 Å². The third kappa shape index (κ3) is 2.33. The number of hydrogen-bond acceptors (Lipinski definition) is 5. The molecule has 0 radical (unpaired) electrons. The fraction of sp³-hybridized carbons (Fsp3) is 0.444. The molecule has 0 saturated heterocycles. The SMILES string of the molecule is COC(=O)c1cc(C(Cl)=NO)n(C(C)C)n1. The van der Waals surface area contributed by atoms with Crippen LogP contribution in [-0.4, -0.2) is 33.2 Å². The summed E-state index contributed by atoms with van der Waals surface area (Å²) in [6.45, 7) is 3.72. The molecule has 1 aromatic rings. The highest BCUT2D eigenvalue weighted by molar-refractivity contribution is 6.69. The van der Waals surface area contributed by atoms with Gasteiger partial charge in [-0.1, -0.05) is 16.8 Å². The molecule has 1 aromatic heterocycles. The van der Waals surface area contributed by atoms with Crippen molar-refractivity contribution < 1.29 is 14.7 Å². The Kier molecular flexibility index (Phi) is 3.89. The van der Waals surface area contributed by atoms with Gasteiger partial charge in [-0.05, 0) is 13.8 Å². The molecule has 0 fully saturated rings. The zero-order chi connectivity index (χ0) is 12.3. The number of ether oxygens (including phenoxy) is 1. The van der Waals surface area contributed by atoms with Gasteiger partial charge >= 0.3 is 5.97 Å². The van der Waals surface area contributed by atoms with E-state index in [0.717, 1.165) is 0 Å². The van der Waals surface area contributed by atoms with Gasteiger partial charge in [-0.3, -0.25) is 4.68 Å². The molecule has 0 bridgehead atoms. The highest BCUT2D eigenvalue weighted by Gasteiger charge is 2.19. The number of nitrogens with zero attached hydrogens (tertiary/aromatic N) is 3. The summed E-state index contributed by atoms with van der Waals surface area (Å²) in [4.78, 5) is 11.3. The Balaban J connectivity index is 3.26. The Morgan fingerprint density at radius 3 is 2.75 bits per heavy atom. The summed E-state index contributed by atoms with van der Waals surface area (Å²) in [6, 6.07) is 1.39. The van der Waals surface area contributed by atoms with Crippen LogP contribution < -0.4 is 0 Å². The van der Waals surface area contributed by atoms with Crippen LogP contribution >= 0.6 is 11.6 Å². The number of rotatable bonds is 3. The van der Waals surface area contributed by atoms with Gasteiger partial charge in [0.05, 0.1) is 7.11 Å². The van der Waals surface area contributed by atoms with Crippen LogP contribution in [0.4, 0.5) is 0 Å². The lowest BCUT2D eigenvalue weighted by molar-refractivity contribution is 0.0593. The van der Waals surface area contributed by atoms with E-state index < -0.39 is 5.97 Å². The van der Waals surface area contributed by atoms with E-state index in [2.05, 4.69) is 15.0 Å². The van der Waals surface area contributed by atoms with Gasteiger partial charge in [0, 0.05) is 12.1 Å². The van der Waals surface area contributed by atoms with Gasteiger partial charge in [0.2, 0.25) is 0 Å². The first kappa shape index (κ1) is 12.5. The van der Waals surface area contributed by atoms with Gasteiger partial charge in [0.25, 0.3) is 0 Å². The van der Waals surface area contributed by atoms with E-state index in [9.17, 15) is 4.79 Å². The molecular formula is C9H12ClN3O3. The molecule has 0 spiro atoms. The summed E-state index contributed by atoms with van der Waals surface area (Å²) in [6.07, 6.45) is 0. The predicted molar refractivity (Wildman–Crippen MR) is 58.1 cm³/mol. The van der Waals surface area contributed by atoms with Gasteiger partial charge in [-0.25, -0.2) is 4.79 Å². The molecule has 0 aromatic carbocycles. The standard InChI is InChI=1S/C9H12ClN3O3/c1-5(2)13-7(8(10)12-15)4-6(11-13)9(14)16-3/h4-5,15H,1-3H3. The number of esters is 1. The maximum absolute atomic E-state index is 11.3. The summed E-state index contributed by atoms with van der Waals surface area (Å²) in [5.74, 6) is -0.567. The average molecular weight is 246 g/mol. The van der Waals surface area contributed by atoms with Crippen LogP contribution in [0, 0.1) is 0 Å². The molecule has 16 heavy (non-hydrogen) atoms. The van der Waals surface area contributed by atoms with Crippen molar-refractivity contribution in [2.45, 2.75) is 19.9 Å². The second kappa shape index (κ2) is 4.98. The first-order valence-electron chi connectivity index (χ1n) is 4.57. The van der Waals surface area contributed by atoms with Crippen molar-refractivity contribution in [1.82, 2.24) is 9.78 Å². The summed E-state index contributed by atoms with van der Waals surface area (Å²) >= 11 is 5.69. The molecule has 0 amide bonds. The zero-order valence-corrected chi connectivity index (χ0v) is 9.89. The molecule has 0 aliphatic heterocycles. The Labute approximate surface area is 97.5 Å². The van der Waals surface area contributed by atoms with Crippen LogP contribution in [0.1, 0.15) is 36.1 Å². The maximum Gasteiger partial charge on any atom is 0.358 e. The van der Waals surface area contributed by atoms with E-state index in [0.29, 0.717) is 5.69 Å². The largest absolute Gasteiger partial charge is 0.464 e. The third-order valence-corrected chi connectivity index (χ3v) is 2.19. The molecular weight excluding hydrogens is 234 g/mol. The van der Waals surface area contributed by atoms with Crippen molar-refractivity contribution >= 4 is 22.7 Å². The van der Waals surface area contributed by atoms with E-state index in [1.165, 1.54) is 17.9 Å². The second-order valence-corrected chi connectivity index (χ2v) is 3.69. The van der Waals surface area contributed by atoms with Crippen LogP contribution in [0.3, 0.4) is 0 Å². The van der Waals surface area contributed by atoms with Crippen molar-refractivity contribution in [2.24, 2.45) is 5.16 Å². The minimum Gasteiger partial charge on any atom is -0.464 e. The summed E-state index contributed by atoms with van der Waals surface area (Å²) in [7, 11) is 1.26. The highest BCUT2D eigenvalue weighted by Crippen LogP contribution is 2.14. The maximum atomic E-state index is 11.3. The number of hydrogen-bond donors (Lipinski definition) is 1. The zero-order valence-electron chi connectivity index (χ0n) is 9.14. The van der Waals surface area contributed by atoms with Gasteiger partial charge in [0.15, 0.2) is 10.9 Å². The molecule has 0 aliphatic rings. The van der Waals surface area contributed by atoms with Crippen molar-refractivity contribution in [3.63, 3.8) is 0 Å². The van der Waals surface area contributed by atoms with Crippen LogP contribution in [0.15, 0.2) is 11.2 Å². The number of oxime groups is 1. The molecule has 7 heteroatoms. The number of carbonyl (C=O) groups excluding carboxylic acids is 1. The molecule has 0 unspecified atom stereocenters. The Morgan fingerprint density at radius 2 is 2.31 bits per heavy atom. The smallest absolute Gasteiger partial charge is 0.358 e. The van der Waals surface area contributed by atoms with Gasteiger partial charge in [-0.15, -0.1) is 0 Å². The van der Waals surface area contributed by atoms with E-state index in [-0.39, 0.29) is 16.9 Å². The number of aromatic nitrogens is 2. The molecule has 0 aliphatic carbocycles. The first-order valence-corrected chi connectivity index (χ1v) is 4.94. The predicted octanol–water partition coefficient (Wildman–Crippen LogP) is 1.63. The minimum absolute atomic E-state index is 0.0242. The molecule has 6 nitrogen and oxygen atoms in total. The van der Waals surface area contributed by atoms with Crippen LogP contribution in [0.5, 0.6) is 0 Å². The monoisotopic (exact) mass is 245 g/mol. The normalized spacial score (nSPS) is 11.9. The Hall–Kier alpha value is -1.56. The summed E-state index contributed by atoms with van der Waals surface area (Å²) < 4.78 is 6.02. The first-order chi connectivity index (χ1) is 7.51. The number of methoxy groups -OCH3 is 1. The third-order valence-electron chi connectivity index (χ3n) is 1.92. The van der Waals surface area contributed by atoms with E-state index in [1.807, 2.05) is 13.8 Å². The summed E-state index contributed by atoms with van der Waals surface area (Å²) in [5, 5.41) is 15.4. The molecule has 1 N–H and O–H groups in total. The fourth-order valence-corrected chi connectivity index (χ4v) is 1.34. The average Bonchev–Trinajstić information content (AvgIpc) is 2.71. The molecule has 0 saturated carbocycles. The lowest BCUT2D eigenvalue weighted by atomic mass is 10.3. The van der Waals surface area contributed by atoms with Gasteiger partial charge < -0.3 is 9.94 Å². The molecule has 1 rings (SSSR count). The van der Waals surface area contributed by atoms with E-state index in [4.69, 9.17) is 16.8 Å². The topological polar surface area (TPSA) is 76.7 Å². The lowest BCUT2D eigenvalue weighted by Gasteiger charge is -2.08. The Morgan fingerprint density at radius 1 is 1.69 bits per heavy atom. The van der Waals surface area contributed by atoms with Gasteiger partial charge in [0.1, 0.15) is 5.69 Å². The minimum atomic E-state index is -0.567. The summed E-state index contributed by atoms with van der Waals surface area (Å²) in [5.41, 5.74) is 0.479. The fourth-order valence-electron chi connectivity index (χ4n) is 1.20. The van der Waals surface area contributed by atoms with E-state index >= 15 is 0 Å². The highest BCUT2D eigenvalue weighted by atomic mass is 35.5. The second-order valence-electron chi connectivity index (χ2n) is 3.34. The van der Waals surface area contributed by atoms with E-state index in [1.54, 1.807) is 0 Å². The quantitative estimate of drug-likeness (QED) is 0.380. The Bertz CT molecular complexity index is 426. The van der Waals surface area contributed by atoms with Crippen LogP contribution in [-0.2, 0) is 4.74 Å². The van der Waals surface area contributed by atoms with Crippen LogP contribution in [0.2, 0.25) is 0 Å². The van der Waals surface area contributed by atoms with Crippen molar-refractivity contribution in [1.29, 1.82) is 0 Å². The lowest BCUT2D eigenvalue weighted by Crippen LogP contribution is -2.11. The molecule has 1 heterocycles. The van der Waals surface area contributed by atoms with Crippen LogP contribution in [0.25, 0.3) is 0 Å². The van der Waals surface area contributed by atoms with Crippen molar-refractivity contribution in [3.05, 3.63) is 17.5 Å². The van der Waals surface area contributed by atoms with Crippen molar-refractivity contribution in [2.75, 3.05) is 7.11 Å². The molecule has 88 valence electrons. The number of carbonyl (C=O) groups is 1. The number of halogens is 1. The van der Waals surface area contributed by atoms with Gasteiger partial charge in [-0.2, -0.15) is 5.10 Å². The molecule has 0 atom stereocenters.